The molecule has 1 fully saturated rings. The fourth-order valence-corrected chi connectivity index (χ4v) is 2.14. The monoisotopic (exact) mass is 216 g/mol. The van der Waals surface area contributed by atoms with Gasteiger partial charge in [-0.1, -0.05) is 13.8 Å². The average molecular weight is 216 g/mol. The van der Waals surface area contributed by atoms with Crippen molar-refractivity contribution in [2.75, 3.05) is 0 Å². The molecule has 1 saturated heterocycles. The summed E-state index contributed by atoms with van der Waals surface area (Å²) < 4.78 is 5.49. The lowest BCUT2D eigenvalue weighted by Gasteiger charge is -2.26. The Morgan fingerprint density at radius 3 is 2.33 bits per heavy atom. The molecule has 15 heavy (non-hydrogen) atoms. The highest BCUT2D eigenvalue weighted by Crippen LogP contribution is 2.28. The van der Waals surface area contributed by atoms with Crippen LogP contribution in [0.15, 0.2) is 0 Å². The van der Waals surface area contributed by atoms with E-state index in [-0.39, 0.29) is 18.1 Å². The number of aliphatic hydroxyl groups is 1. The van der Waals surface area contributed by atoms with Gasteiger partial charge in [-0.2, -0.15) is 0 Å². The minimum Gasteiger partial charge on any atom is -0.481 e. The van der Waals surface area contributed by atoms with Gasteiger partial charge in [0.2, 0.25) is 0 Å². The van der Waals surface area contributed by atoms with Gasteiger partial charge < -0.3 is 14.9 Å². The fourth-order valence-electron chi connectivity index (χ4n) is 2.14. The molecule has 4 heteroatoms. The fraction of sp³-hybridized carbons (Fsp3) is 0.909. The zero-order chi connectivity index (χ0) is 11.6. The van der Waals surface area contributed by atoms with Crippen LogP contribution < -0.4 is 0 Å². The second-order valence-electron chi connectivity index (χ2n) is 4.66. The predicted octanol–water partition coefficient (Wildman–Crippen LogP) is 1.27. The van der Waals surface area contributed by atoms with Crippen molar-refractivity contribution in [1.82, 2.24) is 0 Å². The van der Waals surface area contributed by atoms with E-state index in [2.05, 4.69) is 0 Å². The Balaban J connectivity index is 2.64. The van der Waals surface area contributed by atoms with Crippen molar-refractivity contribution in [1.29, 1.82) is 0 Å². The van der Waals surface area contributed by atoms with Gasteiger partial charge in [-0.3, -0.25) is 4.79 Å². The first-order valence-electron chi connectivity index (χ1n) is 5.49. The molecule has 4 atom stereocenters. The van der Waals surface area contributed by atoms with Gasteiger partial charge in [0.05, 0.1) is 24.2 Å². The van der Waals surface area contributed by atoms with Crippen molar-refractivity contribution in [2.45, 2.75) is 51.9 Å². The van der Waals surface area contributed by atoms with Crippen LogP contribution in [0.3, 0.4) is 0 Å². The number of hydrogen-bond donors (Lipinski definition) is 2. The number of hydrogen-bond acceptors (Lipinski definition) is 3. The van der Waals surface area contributed by atoms with Gasteiger partial charge in [-0.05, 0) is 25.7 Å². The zero-order valence-electron chi connectivity index (χ0n) is 9.51. The maximum atomic E-state index is 11.0. The smallest absolute Gasteiger partial charge is 0.309 e. The van der Waals surface area contributed by atoms with Crippen LogP contribution in [0.2, 0.25) is 0 Å². The highest BCUT2D eigenvalue weighted by molar-refractivity contribution is 5.71. The van der Waals surface area contributed by atoms with Crippen LogP contribution in [-0.2, 0) is 9.53 Å². The van der Waals surface area contributed by atoms with Crippen LogP contribution in [0.25, 0.3) is 0 Å². The molecule has 0 radical (unpaired) electrons. The van der Waals surface area contributed by atoms with Crippen molar-refractivity contribution in [3.8, 4) is 0 Å². The molecule has 0 aliphatic carbocycles. The van der Waals surface area contributed by atoms with Crippen molar-refractivity contribution < 1.29 is 19.7 Å². The number of carbonyl (C=O) groups is 1. The molecule has 88 valence electrons. The summed E-state index contributed by atoms with van der Waals surface area (Å²) in [4.78, 5) is 11.0. The number of carboxylic acid groups (broad SMARTS) is 1. The molecule has 0 spiro atoms. The third-order valence-electron chi connectivity index (χ3n) is 3.02. The molecule has 2 N–H and O–H groups in total. The van der Waals surface area contributed by atoms with Crippen LogP contribution in [0, 0.1) is 11.8 Å². The molecular weight excluding hydrogens is 196 g/mol. The first-order chi connectivity index (χ1) is 6.93. The van der Waals surface area contributed by atoms with E-state index in [1.165, 1.54) is 0 Å². The van der Waals surface area contributed by atoms with Crippen LogP contribution in [0.4, 0.5) is 0 Å². The van der Waals surface area contributed by atoms with Crippen molar-refractivity contribution in [3.05, 3.63) is 0 Å². The summed E-state index contributed by atoms with van der Waals surface area (Å²) in [6.07, 6.45) is 0.563. The Kier molecular flexibility index (Phi) is 4.11. The summed E-state index contributed by atoms with van der Waals surface area (Å²) >= 11 is 0. The van der Waals surface area contributed by atoms with Crippen LogP contribution in [0.5, 0.6) is 0 Å². The van der Waals surface area contributed by atoms with E-state index in [0.717, 1.165) is 12.8 Å². The second kappa shape index (κ2) is 4.94. The molecule has 4 nitrogen and oxygen atoms in total. The number of aliphatic hydroxyl groups excluding tert-OH is 1. The molecule has 0 saturated carbocycles. The lowest BCUT2D eigenvalue weighted by Crippen LogP contribution is -2.40. The molecule has 0 aromatic rings. The van der Waals surface area contributed by atoms with Gasteiger partial charge in [0, 0.05) is 0 Å². The van der Waals surface area contributed by atoms with Crippen molar-refractivity contribution >= 4 is 5.97 Å². The summed E-state index contributed by atoms with van der Waals surface area (Å²) in [6.45, 7) is 5.55. The van der Waals surface area contributed by atoms with E-state index in [4.69, 9.17) is 9.84 Å². The topological polar surface area (TPSA) is 66.8 Å². The molecule has 1 aliphatic heterocycles. The van der Waals surface area contributed by atoms with Crippen LogP contribution in [-0.4, -0.2) is 34.5 Å². The van der Waals surface area contributed by atoms with Crippen LogP contribution >= 0.6 is 0 Å². The molecule has 0 bridgehead atoms. The molecule has 0 aromatic carbocycles. The maximum absolute atomic E-state index is 11.0. The summed E-state index contributed by atoms with van der Waals surface area (Å²) in [5.74, 6) is -1.77. The minimum atomic E-state index is -0.944. The van der Waals surface area contributed by atoms with E-state index in [1.54, 1.807) is 13.8 Å². The summed E-state index contributed by atoms with van der Waals surface area (Å²) in [6, 6.07) is 0. The van der Waals surface area contributed by atoms with E-state index in [9.17, 15) is 9.90 Å². The lowest BCUT2D eigenvalue weighted by molar-refractivity contribution is -0.153. The number of carboxylic acids is 1. The lowest BCUT2D eigenvalue weighted by atomic mass is 9.87. The summed E-state index contributed by atoms with van der Waals surface area (Å²) in [5.41, 5.74) is 0. The molecule has 4 unspecified atom stereocenters. The highest BCUT2D eigenvalue weighted by Gasteiger charge is 2.38. The largest absolute Gasteiger partial charge is 0.481 e. The third kappa shape index (κ3) is 2.92. The molecule has 1 heterocycles. The molecule has 0 aromatic heterocycles. The highest BCUT2D eigenvalue weighted by atomic mass is 16.5. The van der Waals surface area contributed by atoms with Gasteiger partial charge in [0.25, 0.3) is 0 Å². The maximum Gasteiger partial charge on any atom is 0.309 e. The van der Waals surface area contributed by atoms with E-state index in [0.29, 0.717) is 0 Å². The normalized spacial score (nSPS) is 30.5. The summed E-state index contributed by atoms with van der Waals surface area (Å²) in [5, 5.41) is 19.0. The van der Waals surface area contributed by atoms with Gasteiger partial charge in [-0.25, -0.2) is 0 Å². The van der Waals surface area contributed by atoms with Crippen LogP contribution in [0.1, 0.15) is 33.6 Å². The van der Waals surface area contributed by atoms with Gasteiger partial charge in [0.15, 0.2) is 0 Å². The Hall–Kier alpha value is -0.610. The Labute approximate surface area is 90.2 Å². The van der Waals surface area contributed by atoms with Gasteiger partial charge in [0.1, 0.15) is 0 Å². The first-order valence-corrected chi connectivity index (χ1v) is 5.49. The predicted molar refractivity (Wildman–Crippen MR) is 55.5 cm³/mol. The summed E-state index contributed by atoms with van der Waals surface area (Å²) in [7, 11) is 0. The molecule has 1 aliphatic rings. The van der Waals surface area contributed by atoms with E-state index >= 15 is 0 Å². The minimum absolute atomic E-state index is 0.0861. The number of aliphatic carboxylic acids is 1. The SMILES string of the molecule is CC1CCC(C(O)C(C(=O)O)C(C)C)O1. The molecular formula is C11H20O4. The average Bonchev–Trinajstić information content (AvgIpc) is 2.50. The number of ether oxygens (including phenoxy) is 1. The Morgan fingerprint density at radius 2 is 2.00 bits per heavy atom. The van der Waals surface area contributed by atoms with Crippen molar-refractivity contribution in [3.63, 3.8) is 0 Å². The molecule has 0 amide bonds. The van der Waals surface area contributed by atoms with E-state index < -0.39 is 18.0 Å². The quantitative estimate of drug-likeness (QED) is 0.742. The van der Waals surface area contributed by atoms with Gasteiger partial charge >= 0.3 is 5.97 Å². The molecule has 1 rings (SSSR count). The third-order valence-corrected chi connectivity index (χ3v) is 3.02. The zero-order valence-corrected chi connectivity index (χ0v) is 9.51. The van der Waals surface area contributed by atoms with Gasteiger partial charge in [-0.15, -0.1) is 0 Å². The Bertz CT molecular complexity index is 227. The second-order valence-corrected chi connectivity index (χ2v) is 4.66. The van der Waals surface area contributed by atoms with Crippen molar-refractivity contribution in [2.24, 2.45) is 11.8 Å². The van der Waals surface area contributed by atoms with E-state index in [1.807, 2.05) is 6.92 Å². The first kappa shape index (κ1) is 12.5. The Morgan fingerprint density at radius 1 is 1.40 bits per heavy atom. The standard InChI is InChI=1S/C11H20O4/c1-6(2)9(11(13)14)10(12)8-5-4-7(3)15-8/h6-10,12H,4-5H2,1-3H3,(H,13,14). The number of rotatable bonds is 4.